The van der Waals surface area contributed by atoms with Crippen LogP contribution in [-0.2, 0) is 13.5 Å². The topological polar surface area (TPSA) is 34.9 Å². The van der Waals surface area contributed by atoms with Gasteiger partial charge in [0.1, 0.15) is 11.6 Å². The van der Waals surface area contributed by atoms with Gasteiger partial charge in [-0.15, -0.1) is 0 Å². The molecule has 94 valence electrons. The van der Waals surface area contributed by atoms with Gasteiger partial charge in [-0.3, -0.25) is 4.79 Å². The van der Waals surface area contributed by atoms with Gasteiger partial charge in [0.15, 0.2) is 5.78 Å². The predicted octanol–water partition coefficient (Wildman–Crippen LogP) is 3.14. The van der Waals surface area contributed by atoms with Crippen LogP contribution in [0.2, 0.25) is 0 Å². The number of carbonyl (C=O) groups excluding carboxylic acids is 1. The molecule has 3 nitrogen and oxygen atoms in total. The Labute approximate surface area is 113 Å². The number of aromatic nitrogens is 2. The fraction of sp³-hybridized carbons (Fsp3) is 0.231. The molecular formula is C13H12BrFN2O. The monoisotopic (exact) mass is 310 g/mol. The van der Waals surface area contributed by atoms with Crippen LogP contribution in [0.25, 0.3) is 0 Å². The molecule has 0 bridgehead atoms. The van der Waals surface area contributed by atoms with Crippen LogP contribution >= 0.6 is 15.9 Å². The third-order valence-corrected chi connectivity index (χ3v) is 3.22. The summed E-state index contributed by atoms with van der Waals surface area (Å²) in [7, 11) is 1.87. The minimum Gasteiger partial charge on any atom is -0.338 e. The Kier molecular flexibility index (Phi) is 3.91. The average Bonchev–Trinajstić information content (AvgIpc) is 2.75. The number of Topliss-reactive ketones (excluding diaryl/α,β-unsaturated/α-hetero) is 1. The van der Waals surface area contributed by atoms with Gasteiger partial charge in [0.05, 0.1) is 5.56 Å². The fourth-order valence-electron chi connectivity index (χ4n) is 1.71. The second-order valence-electron chi connectivity index (χ2n) is 4.00. The van der Waals surface area contributed by atoms with E-state index in [4.69, 9.17) is 0 Å². The van der Waals surface area contributed by atoms with Crippen LogP contribution in [0.4, 0.5) is 4.39 Å². The third-order valence-electron chi connectivity index (χ3n) is 2.73. The number of hydrogen-bond donors (Lipinski definition) is 0. The molecule has 18 heavy (non-hydrogen) atoms. The highest BCUT2D eigenvalue weighted by Crippen LogP contribution is 2.17. The Bertz CT molecular complexity index is 580. The Hall–Kier alpha value is -1.49. The molecule has 0 atom stereocenters. The molecule has 5 heteroatoms. The summed E-state index contributed by atoms with van der Waals surface area (Å²) >= 11 is 3.23. The number of hydrogen-bond acceptors (Lipinski definition) is 2. The van der Waals surface area contributed by atoms with Crippen molar-refractivity contribution in [1.82, 2.24) is 9.55 Å². The zero-order valence-corrected chi connectivity index (χ0v) is 11.4. The molecule has 2 rings (SSSR count). The first-order valence-corrected chi connectivity index (χ1v) is 6.31. The number of rotatable bonds is 4. The number of benzene rings is 1. The molecule has 2 aromatic rings. The van der Waals surface area contributed by atoms with E-state index in [1.54, 1.807) is 12.3 Å². The SMILES string of the molecule is Cn1ccnc1CCC(=O)c1cc(Br)ccc1F. The first kappa shape index (κ1) is 13.0. The number of imidazole rings is 1. The first-order chi connectivity index (χ1) is 8.58. The van der Waals surface area contributed by atoms with Crippen LogP contribution in [0.3, 0.4) is 0 Å². The molecule has 0 amide bonds. The summed E-state index contributed by atoms with van der Waals surface area (Å²) in [6.45, 7) is 0. The summed E-state index contributed by atoms with van der Waals surface area (Å²) in [5, 5.41) is 0. The second-order valence-corrected chi connectivity index (χ2v) is 4.92. The smallest absolute Gasteiger partial charge is 0.166 e. The molecule has 0 aliphatic carbocycles. The standard InChI is InChI=1S/C13H12BrFN2O/c1-17-7-6-16-13(17)5-4-12(18)10-8-9(14)2-3-11(10)15/h2-3,6-8H,4-5H2,1H3. The quantitative estimate of drug-likeness (QED) is 0.813. The average molecular weight is 311 g/mol. The van der Waals surface area contributed by atoms with Gasteiger partial charge >= 0.3 is 0 Å². The Morgan fingerprint density at radius 3 is 2.94 bits per heavy atom. The molecule has 0 saturated carbocycles. The lowest BCUT2D eigenvalue weighted by molar-refractivity contribution is 0.0978. The van der Waals surface area contributed by atoms with Crippen molar-refractivity contribution in [3.05, 3.63) is 52.3 Å². The molecule has 0 unspecified atom stereocenters. The minimum atomic E-state index is -0.483. The van der Waals surface area contributed by atoms with Crippen LogP contribution in [0.1, 0.15) is 22.6 Å². The van der Waals surface area contributed by atoms with Crippen LogP contribution in [0, 0.1) is 5.82 Å². The molecule has 0 radical (unpaired) electrons. The van der Waals surface area contributed by atoms with Crippen molar-refractivity contribution in [2.45, 2.75) is 12.8 Å². The van der Waals surface area contributed by atoms with E-state index in [0.29, 0.717) is 10.9 Å². The Morgan fingerprint density at radius 2 is 2.28 bits per heavy atom. The van der Waals surface area contributed by atoms with Gasteiger partial charge in [0, 0.05) is 36.8 Å². The zero-order valence-electron chi connectivity index (χ0n) is 9.86. The van der Waals surface area contributed by atoms with Crippen molar-refractivity contribution < 1.29 is 9.18 Å². The van der Waals surface area contributed by atoms with E-state index in [2.05, 4.69) is 20.9 Å². The molecule has 1 heterocycles. The molecule has 0 spiro atoms. The van der Waals surface area contributed by atoms with Crippen molar-refractivity contribution in [3.8, 4) is 0 Å². The van der Waals surface area contributed by atoms with Gasteiger partial charge < -0.3 is 4.57 Å². The molecule has 0 aliphatic rings. The van der Waals surface area contributed by atoms with Gasteiger partial charge in [-0.25, -0.2) is 9.37 Å². The summed E-state index contributed by atoms with van der Waals surface area (Å²) in [5.41, 5.74) is 0.124. The number of nitrogens with zero attached hydrogens (tertiary/aromatic N) is 2. The number of ketones is 1. The first-order valence-electron chi connectivity index (χ1n) is 5.52. The van der Waals surface area contributed by atoms with Crippen molar-refractivity contribution in [2.24, 2.45) is 7.05 Å². The molecule has 0 fully saturated rings. The largest absolute Gasteiger partial charge is 0.338 e. The normalized spacial score (nSPS) is 10.6. The highest BCUT2D eigenvalue weighted by Gasteiger charge is 2.13. The highest BCUT2D eigenvalue weighted by atomic mass is 79.9. The van der Waals surface area contributed by atoms with E-state index in [9.17, 15) is 9.18 Å². The number of halogens is 2. The molecule has 1 aromatic heterocycles. The molecule has 0 aliphatic heterocycles. The fourth-order valence-corrected chi connectivity index (χ4v) is 2.07. The lowest BCUT2D eigenvalue weighted by atomic mass is 10.1. The highest BCUT2D eigenvalue weighted by molar-refractivity contribution is 9.10. The molecule has 1 aromatic carbocycles. The van der Waals surface area contributed by atoms with Gasteiger partial charge in [-0.05, 0) is 18.2 Å². The number of aryl methyl sites for hydroxylation is 2. The van der Waals surface area contributed by atoms with Gasteiger partial charge in [0.2, 0.25) is 0 Å². The third kappa shape index (κ3) is 2.85. The van der Waals surface area contributed by atoms with E-state index in [1.165, 1.54) is 12.1 Å². The number of carbonyl (C=O) groups is 1. The molecule has 0 saturated heterocycles. The minimum absolute atomic E-state index is 0.124. The van der Waals surface area contributed by atoms with Crippen LogP contribution in [0.15, 0.2) is 35.1 Å². The maximum atomic E-state index is 13.5. The van der Waals surface area contributed by atoms with Gasteiger partial charge in [-0.1, -0.05) is 15.9 Å². The van der Waals surface area contributed by atoms with Crippen molar-refractivity contribution in [2.75, 3.05) is 0 Å². The summed E-state index contributed by atoms with van der Waals surface area (Å²) in [6.07, 6.45) is 4.26. The van der Waals surface area contributed by atoms with E-state index in [0.717, 1.165) is 5.82 Å². The summed E-state index contributed by atoms with van der Waals surface area (Å²) in [4.78, 5) is 16.1. The Balaban J connectivity index is 2.08. The maximum Gasteiger partial charge on any atom is 0.166 e. The van der Waals surface area contributed by atoms with Crippen LogP contribution in [0.5, 0.6) is 0 Å². The lowest BCUT2D eigenvalue weighted by Crippen LogP contribution is -2.06. The summed E-state index contributed by atoms with van der Waals surface area (Å²) in [6, 6.07) is 4.37. The van der Waals surface area contributed by atoms with Gasteiger partial charge in [-0.2, -0.15) is 0 Å². The van der Waals surface area contributed by atoms with E-state index < -0.39 is 5.82 Å². The summed E-state index contributed by atoms with van der Waals surface area (Å²) < 4.78 is 16.1. The maximum absolute atomic E-state index is 13.5. The second kappa shape index (κ2) is 5.44. The van der Waals surface area contributed by atoms with Crippen molar-refractivity contribution >= 4 is 21.7 Å². The van der Waals surface area contributed by atoms with E-state index in [-0.39, 0.29) is 17.8 Å². The molecule has 0 N–H and O–H groups in total. The zero-order chi connectivity index (χ0) is 13.1. The van der Waals surface area contributed by atoms with Crippen LogP contribution in [-0.4, -0.2) is 15.3 Å². The summed E-state index contributed by atoms with van der Waals surface area (Å²) in [5.74, 6) is 0.124. The lowest BCUT2D eigenvalue weighted by Gasteiger charge is -2.04. The molecular weight excluding hydrogens is 299 g/mol. The van der Waals surface area contributed by atoms with E-state index >= 15 is 0 Å². The van der Waals surface area contributed by atoms with E-state index in [1.807, 2.05) is 17.8 Å². The van der Waals surface area contributed by atoms with Crippen molar-refractivity contribution in [1.29, 1.82) is 0 Å². The van der Waals surface area contributed by atoms with Crippen LogP contribution < -0.4 is 0 Å². The van der Waals surface area contributed by atoms with Gasteiger partial charge in [0.25, 0.3) is 0 Å². The predicted molar refractivity (Wildman–Crippen MR) is 70.0 cm³/mol. The Morgan fingerprint density at radius 1 is 1.50 bits per heavy atom. The van der Waals surface area contributed by atoms with Crippen molar-refractivity contribution in [3.63, 3.8) is 0 Å².